The smallest absolute Gasteiger partial charge is 0.325 e. The largest absolute Gasteiger partial charge is 0.469 e. The van der Waals surface area contributed by atoms with Crippen molar-refractivity contribution in [3.63, 3.8) is 0 Å². The van der Waals surface area contributed by atoms with E-state index in [1.165, 1.54) is 63.8 Å². The number of hydrogen-bond donors (Lipinski definition) is 3. The van der Waals surface area contributed by atoms with E-state index in [1.54, 1.807) is 0 Å². The molecule has 1 unspecified atom stereocenters. The molecule has 0 saturated heterocycles. The monoisotopic (exact) mass is 435 g/mol. The van der Waals surface area contributed by atoms with Crippen LogP contribution in [-0.4, -0.2) is 30.0 Å². The van der Waals surface area contributed by atoms with Crippen LogP contribution in [-0.2, 0) is 9.09 Å². The van der Waals surface area contributed by atoms with Gasteiger partial charge in [-0.3, -0.25) is 4.52 Å². The fourth-order valence-corrected chi connectivity index (χ4v) is 6.18. The Balaban J connectivity index is 2.37. The number of nitrogens with two attached hydrogens (primary N) is 1. The van der Waals surface area contributed by atoms with E-state index in [0.717, 1.165) is 31.6 Å². The van der Waals surface area contributed by atoms with Gasteiger partial charge in [0.15, 0.2) is 0 Å². The Bertz CT molecular complexity index is 460. The van der Waals surface area contributed by atoms with Gasteiger partial charge in [-0.05, 0) is 31.6 Å². The molecule has 0 spiro atoms. The van der Waals surface area contributed by atoms with E-state index >= 15 is 0 Å². The molecule has 0 aromatic carbocycles. The summed E-state index contributed by atoms with van der Waals surface area (Å²) in [6, 6.07) is 1.34. The van der Waals surface area contributed by atoms with Gasteiger partial charge in [0.25, 0.3) is 0 Å². The molecule has 1 aliphatic rings. The van der Waals surface area contributed by atoms with Crippen molar-refractivity contribution < 1.29 is 18.9 Å². The van der Waals surface area contributed by atoms with E-state index in [4.69, 9.17) is 15.5 Å². The average molecular weight is 436 g/mol. The van der Waals surface area contributed by atoms with Gasteiger partial charge < -0.3 is 15.5 Å². The normalized spacial score (nSPS) is 18.9. The van der Waals surface area contributed by atoms with Crippen molar-refractivity contribution in [2.75, 3.05) is 6.61 Å². The SMILES string of the molecule is C[Si](C)(C)CCCCC(N)(CCCCC1CCCCC1)CCCOP(=O)(O)O. The summed E-state index contributed by atoms with van der Waals surface area (Å²) in [6.07, 6.45) is 16.6. The summed E-state index contributed by atoms with van der Waals surface area (Å²) in [5, 5.41) is 0. The van der Waals surface area contributed by atoms with Gasteiger partial charge in [-0.2, -0.15) is 0 Å². The van der Waals surface area contributed by atoms with Crippen LogP contribution in [0.5, 0.6) is 0 Å². The number of phosphoric ester groups is 1. The lowest BCUT2D eigenvalue weighted by Gasteiger charge is -2.31. The van der Waals surface area contributed by atoms with Crippen molar-refractivity contribution in [1.82, 2.24) is 0 Å². The first-order valence-electron chi connectivity index (χ1n) is 11.5. The van der Waals surface area contributed by atoms with Crippen molar-refractivity contribution in [2.45, 2.75) is 121 Å². The average Bonchev–Trinajstić information content (AvgIpc) is 2.59. The van der Waals surface area contributed by atoms with Crippen molar-refractivity contribution in [3.05, 3.63) is 0 Å². The van der Waals surface area contributed by atoms with E-state index in [9.17, 15) is 4.57 Å². The third kappa shape index (κ3) is 14.3. The van der Waals surface area contributed by atoms with Crippen molar-refractivity contribution in [2.24, 2.45) is 11.7 Å². The van der Waals surface area contributed by atoms with Gasteiger partial charge in [-0.25, -0.2) is 4.57 Å². The van der Waals surface area contributed by atoms with E-state index in [-0.39, 0.29) is 12.1 Å². The summed E-state index contributed by atoms with van der Waals surface area (Å²) in [6.45, 7) is 7.31. The van der Waals surface area contributed by atoms with Gasteiger partial charge >= 0.3 is 7.82 Å². The highest BCUT2D eigenvalue weighted by atomic mass is 31.2. The van der Waals surface area contributed by atoms with Crippen molar-refractivity contribution >= 4 is 15.9 Å². The molecular weight excluding hydrogens is 389 g/mol. The zero-order chi connectivity index (χ0) is 21.1. The summed E-state index contributed by atoms with van der Waals surface area (Å²) < 4.78 is 15.5. The third-order valence-electron chi connectivity index (χ3n) is 6.19. The van der Waals surface area contributed by atoms with Gasteiger partial charge in [0.1, 0.15) is 0 Å². The molecule has 168 valence electrons. The maximum Gasteiger partial charge on any atom is 0.469 e. The Labute approximate surface area is 174 Å². The molecular formula is C21H46NO4PSi. The minimum atomic E-state index is -4.37. The Kier molecular flexibility index (Phi) is 12.1. The highest BCUT2D eigenvalue weighted by molar-refractivity contribution is 7.46. The van der Waals surface area contributed by atoms with Crippen LogP contribution in [0.1, 0.15) is 89.9 Å². The summed E-state index contributed by atoms with van der Waals surface area (Å²) in [5.41, 5.74) is 6.56. The third-order valence-corrected chi connectivity index (χ3v) is 8.56. The lowest BCUT2D eigenvalue weighted by atomic mass is 9.82. The molecule has 0 aromatic heterocycles. The van der Waals surface area contributed by atoms with Gasteiger partial charge in [0, 0.05) is 13.6 Å². The predicted octanol–water partition coefficient (Wildman–Crippen LogP) is 6.22. The number of phosphoric acid groups is 1. The maximum atomic E-state index is 10.9. The van der Waals surface area contributed by atoms with Crippen LogP contribution in [0, 0.1) is 5.92 Å². The minimum absolute atomic E-state index is 0.0835. The molecule has 0 aliphatic heterocycles. The zero-order valence-corrected chi connectivity index (χ0v) is 20.5. The molecule has 0 radical (unpaired) electrons. The molecule has 1 saturated carbocycles. The van der Waals surface area contributed by atoms with E-state index in [2.05, 4.69) is 24.2 Å². The Morgan fingerprint density at radius 1 is 0.964 bits per heavy atom. The molecule has 0 bridgehead atoms. The van der Waals surface area contributed by atoms with Crippen LogP contribution in [0.4, 0.5) is 0 Å². The molecule has 5 nitrogen and oxygen atoms in total. The summed E-state index contributed by atoms with van der Waals surface area (Å²) >= 11 is 0. The highest BCUT2D eigenvalue weighted by Crippen LogP contribution is 2.36. The molecule has 0 aromatic rings. The van der Waals surface area contributed by atoms with Crippen molar-refractivity contribution in [3.8, 4) is 0 Å². The minimum Gasteiger partial charge on any atom is -0.325 e. The maximum absolute atomic E-state index is 10.9. The van der Waals surface area contributed by atoms with E-state index < -0.39 is 15.9 Å². The molecule has 7 heteroatoms. The predicted molar refractivity (Wildman–Crippen MR) is 121 cm³/mol. The molecule has 1 fully saturated rings. The van der Waals surface area contributed by atoms with Gasteiger partial charge in [0.05, 0.1) is 6.61 Å². The molecule has 0 heterocycles. The number of hydrogen-bond acceptors (Lipinski definition) is 3. The second kappa shape index (κ2) is 12.9. The molecule has 0 amide bonds. The van der Waals surface area contributed by atoms with Gasteiger partial charge in [-0.1, -0.05) is 89.9 Å². The molecule has 1 atom stereocenters. The molecule has 1 aliphatic carbocycles. The fraction of sp³-hybridized carbons (Fsp3) is 1.00. The number of rotatable bonds is 15. The van der Waals surface area contributed by atoms with Crippen LogP contribution in [0.25, 0.3) is 0 Å². The van der Waals surface area contributed by atoms with Crippen LogP contribution in [0.15, 0.2) is 0 Å². The highest BCUT2D eigenvalue weighted by Gasteiger charge is 2.25. The lowest BCUT2D eigenvalue weighted by Crippen LogP contribution is -2.40. The van der Waals surface area contributed by atoms with Crippen LogP contribution >= 0.6 is 7.82 Å². The standard InChI is InChI=1S/C21H46NO4PSi/c1-28(2,3)19-10-9-16-21(22,17-11-18-26-27(23,24)25)15-8-7-14-20-12-5-4-6-13-20/h20H,4-19,22H2,1-3H3,(H2,23,24,25). The first kappa shape index (κ1) is 26.3. The Morgan fingerprint density at radius 2 is 1.54 bits per heavy atom. The van der Waals surface area contributed by atoms with Crippen LogP contribution in [0.2, 0.25) is 25.7 Å². The summed E-state index contributed by atoms with van der Waals surface area (Å²) in [7, 11) is -5.37. The topological polar surface area (TPSA) is 92.8 Å². The number of unbranched alkanes of at least 4 members (excludes halogenated alkanes) is 2. The Hall–Kier alpha value is 0.287. The van der Waals surface area contributed by atoms with Crippen LogP contribution in [0.3, 0.4) is 0 Å². The zero-order valence-electron chi connectivity index (χ0n) is 18.6. The first-order chi connectivity index (χ1) is 13.0. The molecule has 28 heavy (non-hydrogen) atoms. The summed E-state index contributed by atoms with van der Waals surface area (Å²) in [4.78, 5) is 17.7. The van der Waals surface area contributed by atoms with Gasteiger partial charge in [-0.15, -0.1) is 0 Å². The second-order valence-electron chi connectivity index (χ2n) is 10.3. The van der Waals surface area contributed by atoms with Crippen molar-refractivity contribution in [1.29, 1.82) is 0 Å². The second-order valence-corrected chi connectivity index (χ2v) is 17.2. The quantitative estimate of drug-likeness (QED) is 0.161. The van der Waals surface area contributed by atoms with Gasteiger partial charge in [0.2, 0.25) is 0 Å². The van der Waals surface area contributed by atoms with E-state index in [0.29, 0.717) is 6.42 Å². The lowest BCUT2D eigenvalue weighted by molar-refractivity contribution is 0.183. The molecule has 4 N–H and O–H groups in total. The Morgan fingerprint density at radius 3 is 2.11 bits per heavy atom. The van der Waals surface area contributed by atoms with E-state index in [1.807, 2.05) is 0 Å². The first-order valence-corrected chi connectivity index (χ1v) is 16.7. The summed E-state index contributed by atoms with van der Waals surface area (Å²) in [5.74, 6) is 0.925. The fourth-order valence-electron chi connectivity index (χ4n) is 4.50. The molecule has 1 rings (SSSR count). The van der Waals surface area contributed by atoms with Crippen LogP contribution < -0.4 is 5.73 Å².